The molecular formula is C12H8N4O2S. The highest BCUT2D eigenvalue weighted by Crippen LogP contribution is 2.16. The number of para-hydroxylation sites is 1. The van der Waals surface area contributed by atoms with Crippen molar-refractivity contribution in [2.24, 2.45) is 0 Å². The van der Waals surface area contributed by atoms with Crippen molar-refractivity contribution in [1.29, 1.82) is 0 Å². The summed E-state index contributed by atoms with van der Waals surface area (Å²) in [6.07, 6.45) is 1.59. The Bertz CT molecular complexity index is 795. The van der Waals surface area contributed by atoms with Crippen LogP contribution in [-0.4, -0.2) is 20.9 Å². The summed E-state index contributed by atoms with van der Waals surface area (Å²) in [5.74, 6) is -0.447. The lowest BCUT2D eigenvalue weighted by Gasteiger charge is -2.04. The third-order valence-corrected chi connectivity index (χ3v) is 3.19. The van der Waals surface area contributed by atoms with Crippen LogP contribution in [0, 0.1) is 0 Å². The minimum Gasteiger partial charge on any atom is -0.305 e. The highest BCUT2D eigenvalue weighted by Gasteiger charge is 2.14. The molecule has 19 heavy (non-hydrogen) atoms. The topological polar surface area (TPSA) is 87.7 Å². The number of nitrogens with one attached hydrogen (secondary N) is 2. The number of hydrogen-bond acceptors (Lipinski definition) is 5. The highest BCUT2D eigenvalue weighted by atomic mass is 32.1. The minimum atomic E-state index is -0.553. The van der Waals surface area contributed by atoms with Crippen molar-refractivity contribution >= 4 is 33.3 Å². The fraction of sp³-hybridized carbons (Fsp3) is 0. The number of carbonyl (C=O) groups excluding carboxylic acids is 1. The summed E-state index contributed by atoms with van der Waals surface area (Å²) in [5, 5.41) is 5.42. The van der Waals surface area contributed by atoms with Crippen LogP contribution in [-0.2, 0) is 0 Å². The first-order valence-corrected chi connectivity index (χ1v) is 6.32. The van der Waals surface area contributed by atoms with Crippen LogP contribution < -0.4 is 11.0 Å². The summed E-state index contributed by atoms with van der Waals surface area (Å²) in [6, 6.07) is 7.01. The summed E-state index contributed by atoms with van der Waals surface area (Å²) >= 11 is 1.30. The first kappa shape index (κ1) is 11.5. The van der Waals surface area contributed by atoms with E-state index in [2.05, 4.69) is 20.3 Å². The van der Waals surface area contributed by atoms with Gasteiger partial charge >= 0.3 is 5.69 Å². The van der Waals surface area contributed by atoms with Crippen LogP contribution in [0.4, 0.5) is 5.13 Å². The van der Waals surface area contributed by atoms with Gasteiger partial charge in [-0.05, 0) is 6.07 Å². The highest BCUT2D eigenvalue weighted by molar-refractivity contribution is 7.13. The Labute approximate surface area is 111 Å². The molecule has 0 unspecified atom stereocenters. The van der Waals surface area contributed by atoms with E-state index >= 15 is 0 Å². The standard InChI is InChI=1S/C12H8N4O2S/c17-10(16-12-13-5-6-19-12)9-7-3-1-2-4-8(7)14-11(18)15-9/h1-6H,(H,13,16,17)(H,14,15,18). The smallest absolute Gasteiger partial charge is 0.305 e. The zero-order chi connectivity index (χ0) is 13.2. The Morgan fingerprint density at radius 3 is 2.95 bits per heavy atom. The number of carbonyl (C=O) groups is 1. The number of H-pyrrole nitrogens is 1. The van der Waals surface area contributed by atoms with E-state index in [4.69, 9.17) is 0 Å². The maximum absolute atomic E-state index is 12.1. The van der Waals surface area contributed by atoms with Gasteiger partial charge in [0.15, 0.2) is 5.13 Å². The van der Waals surface area contributed by atoms with E-state index in [-0.39, 0.29) is 5.69 Å². The van der Waals surface area contributed by atoms with Crippen LogP contribution in [0.25, 0.3) is 10.9 Å². The molecule has 1 aromatic carbocycles. The number of hydrogen-bond donors (Lipinski definition) is 2. The Balaban J connectivity index is 2.09. The van der Waals surface area contributed by atoms with Gasteiger partial charge in [0.2, 0.25) is 0 Å². The zero-order valence-corrected chi connectivity index (χ0v) is 10.4. The molecule has 0 aliphatic rings. The van der Waals surface area contributed by atoms with Crippen LogP contribution in [0.3, 0.4) is 0 Å². The lowest BCUT2D eigenvalue weighted by molar-refractivity contribution is 0.102. The molecule has 0 aliphatic carbocycles. The number of nitrogens with zero attached hydrogens (tertiary/aromatic N) is 2. The monoisotopic (exact) mass is 272 g/mol. The molecule has 2 N–H and O–H groups in total. The third kappa shape index (κ3) is 2.23. The van der Waals surface area contributed by atoms with E-state index in [9.17, 15) is 9.59 Å². The molecule has 94 valence electrons. The van der Waals surface area contributed by atoms with Crippen molar-refractivity contribution < 1.29 is 4.79 Å². The maximum atomic E-state index is 12.1. The van der Waals surface area contributed by atoms with Crippen molar-refractivity contribution in [2.45, 2.75) is 0 Å². The predicted octanol–water partition coefficient (Wildman–Crippen LogP) is 1.63. The molecule has 0 bridgehead atoms. The average Bonchev–Trinajstić information content (AvgIpc) is 2.90. The van der Waals surface area contributed by atoms with Crippen molar-refractivity contribution in [1.82, 2.24) is 15.0 Å². The van der Waals surface area contributed by atoms with E-state index in [1.165, 1.54) is 11.3 Å². The molecule has 0 spiro atoms. The third-order valence-electron chi connectivity index (χ3n) is 2.50. The van der Waals surface area contributed by atoms with E-state index in [0.29, 0.717) is 16.0 Å². The molecule has 0 radical (unpaired) electrons. The molecule has 2 heterocycles. The van der Waals surface area contributed by atoms with Crippen LogP contribution in [0.5, 0.6) is 0 Å². The molecule has 6 nitrogen and oxygen atoms in total. The Hall–Kier alpha value is -2.54. The van der Waals surface area contributed by atoms with Crippen molar-refractivity contribution in [3.05, 3.63) is 52.0 Å². The molecular weight excluding hydrogens is 264 g/mol. The van der Waals surface area contributed by atoms with Gasteiger partial charge in [-0.2, -0.15) is 4.98 Å². The Kier molecular flexibility index (Phi) is 2.81. The summed E-state index contributed by atoms with van der Waals surface area (Å²) in [4.78, 5) is 33.8. The average molecular weight is 272 g/mol. The second-order valence-corrected chi connectivity index (χ2v) is 4.62. The molecule has 0 atom stereocenters. The molecule has 3 aromatic rings. The number of thiazole rings is 1. The largest absolute Gasteiger partial charge is 0.346 e. The molecule has 0 aliphatic heterocycles. The van der Waals surface area contributed by atoms with Gasteiger partial charge in [-0.3, -0.25) is 10.1 Å². The van der Waals surface area contributed by atoms with E-state index in [1.54, 1.807) is 35.8 Å². The molecule has 3 rings (SSSR count). The molecule has 0 saturated heterocycles. The molecule has 1 amide bonds. The predicted molar refractivity (Wildman–Crippen MR) is 72.4 cm³/mol. The van der Waals surface area contributed by atoms with Crippen LogP contribution in [0.2, 0.25) is 0 Å². The van der Waals surface area contributed by atoms with E-state index < -0.39 is 11.6 Å². The van der Waals surface area contributed by atoms with Crippen molar-refractivity contribution in [2.75, 3.05) is 5.32 Å². The van der Waals surface area contributed by atoms with Gasteiger partial charge in [0.1, 0.15) is 5.69 Å². The maximum Gasteiger partial charge on any atom is 0.346 e. The van der Waals surface area contributed by atoms with Gasteiger partial charge in [-0.25, -0.2) is 9.78 Å². The van der Waals surface area contributed by atoms with Crippen LogP contribution >= 0.6 is 11.3 Å². The number of anilines is 1. The lowest BCUT2D eigenvalue weighted by Crippen LogP contribution is -2.21. The molecule has 7 heteroatoms. The molecule has 2 aromatic heterocycles. The lowest BCUT2D eigenvalue weighted by atomic mass is 10.2. The van der Waals surface area contributed by atoms with Gasteiger partial charge in [-0.1, -0.05) is 18.2 Å². The number of benzene rings is 1. The van der Waals surface area contributed by atoms with E-state index in [0.717, 1.165) is 0 Å². The van der Waals surface area contributed by atoms with E-state index in [1.807, 2.05) is 0 Å². The van der Waals surface area contributed by atoms with Gasteiger partial charge in [0.05, 0.1) is 5.52 Å². The number of rotatable bonds is 2. The Morgan fingerprint density at radius 1 is 1.32 bits per heavy atom. The normalized spacial score (nSPS) is 10.5. The number of aromatic amines is 1. The molecule has 0 fully saturated rings. The van der Waals surface area contributed by atoms with Gasteiger partial charge in [0, 0.05) is 17.0 Å². The molecule has 0 saturated carbocycles. The van der Waals surface area contributed by atoms with Gasteiger partial charge in [-0.15, -0.1) is 11.3 Å². The first-order valence-electron chi connectivity index (χ1n) is 5.44. The minimum absolute atomic E-state index is 0.0922. The summed E-state index contributed by atoms with van der Waals surface area (Å²) < 4.78 is 0. The SMILES string of the molecule is O=C(Nc1nccs1)c1nc(=O)[nH]c2ccccc12. The number of aromatic nitrogens is 3. The summed E-state index contributed by atoms with van der Waals surface area (Å²) in [7, 11) is 0. The quantitative estimate of drug-likeness (QED) is 0.742. The van der Waals surface area contributed by atoms with Crippen LogP contribution in [0.15, 0.2) is 40.6 Å². The van der Waals surface area contributed by atoms with Crippen molar-refractivity contribution in [3.63, 3.8) is 0 Å². The second kappa shape index (κ2) is 4.62. The first-order chi connectivity index (χ1) is 9.24. The Morgan fingerprint density at radius 2 is 2.16 bits per heavy atom. The summed E-state index contributed by atoms with van der Waals surface area (Å²) in [5.41, 5.74) is 0.115. The summed E-state index contributed by atoms with van der Waals surface area (Å²) in [6.45, 7) is 0. The number of fused-ring (bicyclic) bond motifs is 1. The van der Waals surface area contributed by atoms with Crippen LogP contribution in [0.1, 0.15) is 10.5 Å². The van der Waals surface area contributed by atoms with Gasteiger partial charge < -0.3 is 4.98 Å². The van der Waals surface area contributed by atoms with Gasteiger partial charge in [0.25, 0.3) is 5.91 Å². The zero-order valence-electron chi connectivity index (χ0n) is 9.58. The number of amides is 1. The second-order valence-electron chi connectivity index (χ2n) is 3.73. The van der Waals surface area contributed by atoms with Crippen molar-refractivity contribution in [3.8, 4) is 0 Å². The fourth-order valence-electron chi connectivity index (χ4n) is 1.72. The fourth-order valence-corrected chi connectivity index (χ4v) is 2.24.